The Bertz CT molecular complexity index is 1380. The third-order valence-electron chi connectivity index (χ3n) is 7.39. The van der Waals surface area contributed by atoms with E-state index >= 15 is 0 Å². The van der Waals surface area contributed by atoms with E-state index in [4.69, 9.17) is 9.47 Å². The second kappa shape index (κ2) is 14.1. The van der Waals surface area contributed by atoms with Crippen molar-refractivity contribution in [3.63, 3.8) is 0 Å². The number of fused-ring (bicyclic) bond motifs is 1. The molecule has 4 amide bonds. The van der Waals surface area contributed by atoms with Crippen molar-refractivity contribution in [1.82, 2.24) is 25.0 Å². The van der Waals surface area contributed by atoms with E-state index in [1.807, 2.05) is 13.0 Å². The fourth-order valence-electron chi connectivity index (χ4n) is 5.04. The van der Waals surface area contributed by atoms with E-state index in [0.29, 0.717) is 23.9 Å². The minimum Gasteiger partial charge on any atom is -0.483 e. The molecule has 0 saturated carbocycles. The van der Waals surface area contributed by atoms with Crippen LogP contribution >= 0.6 is 0 Å². The average molecular weight is 600 g/mol. The summed E-state index contributed by atoms with van der Waals surface area (Å²) in [6.45, 7) is 5.03. The quantitative estimate of drug-likeness (QED) is 0.353. The lowest BCUT2D eigenvalue weighted by Gasteiger charge is -2.35. The maximum atomic E-state index is 13.4. The number of aliphatic hydroxyl groups excluding tert-OH is 1. The topological polar surface area (TPSA) is 179 Å². The lowest BCUT2D eigenvalue weighted by Crippen LogP contribution is -2.56. The number of hydrogen-bond donors (Lipinski definition) is 3. The Balaban J connectivity index is 1.51. The van der Waals surface area contributed by atoms with Gasteiger partial charge in [-0.15, -0.1) is 0 Å². The number of aryl methyl sites for hydroxylation is 1. The molecule has 14 nitrogen and oxygen atoms in total. The van der Waals surface area contributed by atoms with Crippen molar-refractivity contribution in [2.75, 3.05) is 52.5 Å². The van der Waals surface area contributed by atoms with Crippen LogP contribution in [0.3, 0.4) is 0 Å². The number of aliphatic carboxylic acids is 1. The van der Waals surface area contributed by atoms with Crippen molar-refractivity contribution in [2.45, 2.75) is 45.3 Å². The number of ether oxygens (including phenoxy) is 2. The van der Waals surface area contributed by atoms with Crippen molar-refractivity contribution in [3.05, 3.63) is 35.5 Å². The van der Waals surface area contributed by atoms with Crippen LogP contribution in [0.25, 0.3) is 10.9 Å². The number of nitrogens with zero attached hydrogens (tertiary/aromatic N) is 4. The molecule has 2 atom stereocenters. The highest BCUT2D eigenvalue weighted by Gasteiger charge is 2.31. The summed E-state index contributed by atoms with van der Waals surface area (Å²) < 4.78 is 10.9. The second-order valence-electron chi connectivity index (χ2n) is 10.6. The molecule has 2 fully saturated rings. The van der Waals surface area contributed by atoms with Gasteiger partial charge < -0.3 is 39.7 Å². The maximum Gasteiger partial charge on any atom is 0.409 e. The van der Waals surface area contributed by atoms with Gasteiger partial charge in [0.15, 0.2) is 6.61 Å². The number of amides is 4. The lowest BCUT2D eigenvalue weighted by atomic mass is 10.1. The van der Waals surface area contributed by atoms with Crippen molar-refractivity contribution in [2.24, 2.45) is 0 Å². The lowest BCUT2D eigenvalue weighted by molar-refractivity contribution is -0.138. The summed E-state index contributed by atoms with van der Waals surface area (Å²) in [5, 5.41) is 22.2. The summed E-state index contributed by atoms with van der Waals surface area (Å²) in [5.74, 6) is -2.36. The highest BCUT2D eigenvalue weighted by molar-refractivity contribution is 5.99. The Labute approximate surface area is 248 Å². The van der Waals surface area contributed by atoms with Crippen molar-refractivity contribution < 1.29 is 43.7 Å². The SMILES string of the molecule is CCOC(=O)N1CCN(C(=O)C(CCC(=O)O)NC(=O)c2cc(OCC(=O)N3CCC(O)C3)c3ccc(C)cc3n2)CC1. The molecule has 43 heavy (non-hydrogen) atoms. The molecule has 2 aliphatic rings. The fourth-order valence-corrected chi connectivity index (χ4v) is 5.04. The Hall–Kier alpha value is -4.46. The first kappa shape index (κ1) is 31.5. The van der Waals surface area contributed by atoms with Gasteiger partial charge in [-0.3, -0.25) is 19.2 Å². The van der Waals surface area contributed by atoms with Crippen LogP contribution in [0.15, 0.2) is 24.3 Å². The van der Waals surface area contributed by atoms with Gasteiger partial charge in [-0.1, -0.05) is 6.07 Å². The van der Waals surface area contributed by atoms with E-state index in [0.717, 1.165) is 5.56 Å². The number of carboxylic acids is 1. The molecule has 3 N–H and O–H groups in total. The molecule has 4 rings (SSSR count). The van der Waals surface area contributed by atoms with Crippen LogP contribution in [0.5, 0.6) is 5.75 Å². The summed E-state index contributed by atoms with van der Waals surface area (Å²) in [4.78, 5) is 71.8. The van der Waals surface area contributed by atoms with Gasteiger partial charge in [0.2, 0.25) is 5.91 Å². The Morgan fingerprint density at radius 2 is 1.77 bits per heavy atom. The minimum absolute atomic E-state index is 0.0719. The molecule has 0 bridgehead atoms. The Kier molecular flexibility index (Phi) is 10.3. The molecule has 0 spiro atoms. The van der Waals surface area contributed by atoms with Crippen LogP contribution in [-0.2, 0) is 19.1 Å². The Morgan fingerprint density at radius 3 is 2.42 bits per heavy atom. The zero-order valence-electron chi connectivity index (χ0n) is 24.3. The molecule has 0 radical (unpaired) electrons. The minimum atomic E-state index is -1.15. The van der Waals surface area contributed by atoms with E-state index in [1.165, 1.54) is 20.8 Å². The largest absolute Gasteiger partial charge is 0.483 e. The van der Waals surface area contributed by atoms with Gasteiger partial charge in [0.1, 0.15) is 17.5 Å². The number of aliphatic hydroxyl groups is 1. The van der Waals surface area contributed by atoms with Gasteiger partial charge in [0.05, 0.1) is 18.2 Å². The summed E-state index contributed by atoms with van der Waals surface area (Å²) in [7, 11) is 0. The zero-order valence-corrected chi connectivity index (χ0v) is 24.3. The van der Waals surface area contributed by atoms with Crippen molar-refractivity contribution >= 4 is 40.7 Å². The molecule has 0 aliphatic carbocycles. The molecule has 232 valence electrons. The molecule has 14 heteroatoms. The number of rotatable bonds is 10. The van der Waals surface area contributed by atoms with E-state index in [2.05, 4.69) is 10.3 Å². The van der Waals surface area contributed by atoms with E-state index < -0.39 is 36.0 Å². The molecule has 1 aromatic heterocycles. The van der Waals surface area contributed by atoms with Crippen molar-refractivity contribution in [1.29, 1.82) is 0 Å². The molecular formula is C29H37N5O9. The Morgan fingerprint density at radius 1 is 1.05 bits per heavy atom. The third-order valence-corrected chi connectivity index (χ3v) is 7.39. The zero-order chi connectivity index (χ0) is 31.1. The van der Waals surface area contributed by atoms with Gasteiger partial charge in [-0.2, -0.15) is 0 Å². The first-order valence-corrected chi connectivity index (χ1v) is 14.3. The summed E-state index contributed by atoms with van der Waals surface area (Å²) >= 11 is 0. The van der Waals surface area contributed by atoms with Crippen LogP contribution < -0.4 is 10.1 Å². The van der Waals surface area contributed by atoms with Crippen LogP contribution in [0, 0.1) is 6.92 Å². The number of piperazine rings is 1. The average Bonchev–Trinajstić information content (AvgIpc) is 3.43. The first-order valence-electron chi connectivity index (χ1n) is 14.3. The predicted molar refractivity (Wildman–Crippen MR) is 152 cm³/mol. The molecule has 1 aromatic carbocycles. The summed E-state index contributed by atoms with van der Waals surface area (Å²) in [5.41, 5.74) is 1.25. The van der Waals surface area contributed by atoms with E-state index in [1.54, 1.807) is 19.1 Å². The van der Waals surface area contributed by atoms with E-state index in [-0.39, 0.29) is 76.1 Å². The molecular weight excluding hydrogens is 562 g/mol. The second-order valence-corrected chi connectivity index (χ2v) is 10.6. The molecule has 2 saturated heterocycles. The normalized spacial score (nSPS) is 17.5. The molecule has 3 heterocycles. The third kappa shape index (κ3) is 8.09. The van der Waals surface area contributed by atoms with Crippen LogP contribution in [0.2, 0.25) is 0 Å². The number of benzene rings is 1. The predicted octanol–water partition coefficient (Wildman–Crippen LogP) is 0.779. The highest BCUT2D eigenvalue weighted by atomic mass is 16.6. The number of hydrogen-bond acceptors (Lipinski definition) is 9. The number of carbonyl (C=O) groups excluding carboxylic acids is 4. The summed E-state index contributed by atoms with van der Waals surface area (Å²) in [6, 6.07) is 5.61. The monoisotopic (exact) mass is 599 g/mol. The molecule has 2 aromatic rings. The number of aromatic nitrogens is 1. The number of nitrogens with one attached hydrogen (secondary N) is 1. The maximum absolute atomic E-state index is 13.4. The number of β-amino-alcohol motifs (C(OH)–C–C–N with tert-alkyl or cyclic N) is 1. The fraction of sp³-hybridized carbons (Fsp3) is 0.517. The summed E-state index contributed by atoms with van der Waals surface area (Å²) in [6.07, 6.45) is -1.05. The molecule has 2 unspecified atom stereocenters. The van der Waals surface area contributed by atoms with E-state index in [9.17, 15) is 34.2 Å². The van der Waals surface area contributed by atoms with Gasteiger partial charge in [0, 0.05) is 57.1 Å². The van der Waals surface area contributed by atoms with Crippen molar-refractivity contribution in [3.8, 4) is 5.75 Å². The standard InChI is InChI=1S/C29H37N5O9/c1-3-42-29(41)33-12-10-32(11-13-33)28(40)21(6-7-26(37)38)31-27(39)23-15-24(20-5-4-18(2)14-22(20)30-23)43-17-25(36)34-9-8-19(35)16-34/h4-5,14-15,19,21,35H,3,6-13,16-17H2,1-2H3,(H,31,39)(H,37,38). The number of carbonyl (C=O) groups is 5. The number of likely N-dealkylation sites (tertiary alicyclic amines) is 1. The van der Waals surface area contributed by atoms with Gasteiger partial charge in [0.25, 0.3) is 11.8 Å². The van der Waals surface area contributed by atoms with Crippen LogP contribution in [-0.4, -0.2) is 124 Å². The van der Waals surface area contributed by atoms with Gasteiger partial charge in [-0.05, 0) is 44.4 Å². The van der Waals surface area contributed by atoms with Crippen LogP contribution in [0.1, 0.15) is 42.2 Å². The van der Waals surface area contributed by atoms with Crippen LogP contribution in [0.4, 0.5) is 4.79 Å². The number of carboxylic acid groups (broad SMARTS) is 1. The van der Waals surface area contributed by atoms with Gasteiger partial charge >= 0.3 is 12.1 Å². The number of pyridine rings is 1. The van der Waals surface area contributed by atoms with Gasteiger partial charge in [-0.25, -0.2) is 9.78 Å². The molecule has 2 aliphatic heterocycles. The highest BCUT2D eigenvalue weighted by Crippen LogP contribution is 2.27. The smallest absolute Gasteiger partial charge is 0.409 e. The first-order chi connectivity index (χ1) is 20.5.